The molecule has 1 aromatic heterocycles. The van der Waals surface area contributed by atoms with Crippen LogP contribution in [-0.4, -0.2) is 27.4 Å². The van der Waals surface area contributed by atoms with Gasteiger partial charge < -0.3 is 10.4 Å². The van der Waals surface area contributed by atoms with Crippen LogP contribution in [0.15, 0.2) is 6.20 Å². The van der Waals surface area contributed by atoms with Crippen molar-refractivity contribution < 1.29 is 5.11 Å². The van der Waals surface area contributed by atoms with Gasteiger partial charge in [-0.3, -0.25) is 5.10 Å². The second-order valence-corrected chi connectivity index (χ2v) is 4.36. The van der Waals surface area contributed by atoms with Crippen molar-refractivity contribution in [3.63, 3.8) is 0 Å². The molecule has 4 nitrogen and oxygen atoms in total. The maximum Gasteiger partial charge on any atom is 0.0693 e. The van der Waals surface area contributed by atoms with Gasteiger partial charge in [0.2, 0.25) is 0 Å². The van der Waals surface area contributed by atoms with Crippen LogP contribution in [0.1, 0.15) is 36.9 Å². The van der Waals surface area contributed by atoms with Gasteiger partial charge in [0.15, 0.2) is 0 Å². The lowest BCUT2D eigenvalue weighted by Crippen LogP contribution is -2.41. The number of aliphatic hydroxyl groups is 1. The van der Waals surface area contributed by atoms with E-state index in [-0.39, 0.29) is 12.1 Å². The van der Waals surface area contributed by atoms with Crippen LogP contribution >= 0.6 is 0 Å². The van der Waals surface area contributed by atoms with Gasteiger partial charge in [-0.05, 0) is 19.8 Å². The fourth-order valence-electron chi connectivity index (χ4n) is 2.14. The molecule has 1 aromatic rings. The number of aliphatic hydroxyl groups excluding tert-OH is 1. The Morgan fingerprint density at radius 2 is 2.33 bits per heavy atom. The van der Waals surface area contributed by atoms with Crippen LogP contribution < -0.4 is 5.32 Å². The average Bonchev–Trinajstić information content (AvgIpc) is 2.63. The Balaban J connectivity index is 1.84. The molecule has 2 atom stereocenters. The molecule has 0 amide bonds. The summed E-state index contributed by atoms with van der Waals surface area (Å²) in [6.45, 7) is 2.81. The lowest BCUT2D eigenvalue weighted by molar-refractivity contribution is 0.0902. The molecular weight excluding hydrogens is 190 g/mol. The number of aryl methyl sites for hydroxylation is 1. The number of aromatic amines is 1. The third kappa shape index (κ3) is 2.58. The van der Waals surface area contributed by atoms with Gasteiger partial charge in [0.25, 0.3) is 0 Å². The molecule has 0 saturated heterocycles. The zero-order valence-corrected chi connectivity index (χ0v) is 9.16. The first-order chi connectivity index (χ1) is 7.27. The summed E-state index contributed by atoms with van der Waals surface area (Å²) < 4.78 is 0. The topological polar surface area (TPSA) is 60.9 Å². The maximum absolute atomic E-state index is 9.78. The molecule has 0 spiro atoms. The van der Waals surface area contributed by atoms with E-state index < -0.39 is 0 Å². The number of aromatic nitrogens is 2. The molecule has 0 bridgehead atoms. The van der Waals surface area contributed by atoms with Gasteiger partial charge in [-0.25, -0.2) is 0 Å². The van der Waals surface area contributed by atoms with Crippen LogP contribution in [0.25, 0.3) is 0 Å². The molecule has 0 unspecified atom stereocenters. The van der Waals surface area contributed by atoms with Crippen LogP contribution in [-0.2, 0) is 6.54 Å². The number of nitrogens with one attached hydrogen (secondary N) is 2. The van der Waals surface area contributed by atoms with Crippen molar-refractivity contribution in [2.75, 3.05) is 0 Å². The Labute approximate surface area is 90.1 Å². The average molecular weight is 209 g/mol. The zero-order valence-electron chi connectivity index (χ0n) is 9.16. The minimum Gasteiger partial charge on any atom is -0.392 e. The Morgan fingerprint density at radius 1 is 1.53 bits per heavy atom. The zero-order chi connectivity index (χ0) is 10.7. The van der Waals surface area contributed by atoms with Crippen LogP contribution in [0.5, 0.6) is 0 Å². The highest BCUT2D eigenvalue weighted by atomic mass is 16.3. The summed E-state index contributed by atoms with van der Waals surface area (Å²) >= 11 is 0. The largest absolute Gasteiger partial charge is 0.392 e. The molecule has 1 fully saturated rings. The second kappa shape index (κ2) is 4.77. The number of nitrogens with zero attached hydrogens (tertiary/aromatic N) is 1. The third-order valence-electron chi connectivity index (χ3n) is 3.22. The summed E-state index contributed by atoms with van der Waals surface area (Å²) in [6, 6.07) is 0.257. The highest BCUT2D eigenvalue weighted by Crippen LogP contribution is 2.18. The van der Waals surface area contributed by atoms with Gasteiger partial charge in [0.05, 0.1) is 12.3 Å². The molecule has 1 aliphatic carbocycles. The van der Waals surface area contributed by atoms with Crippen LogP contribution in [0.2, 0.25) is 0 Å². The molecule has 4 heteroatoms. The standard InChI is InChI=1S/C11H19N3O/c1-8-9(7-13-14-8)6-12-10-4-2-3-5-11(10)15/h7,10-12,15H,2-6H2,1H3,(H,13,14)/t10-,11+/m1/s1. The molecule has 15 heavy (non-hydrogen) atoms. The van der Waals surface area contributed by atoms with Gasteiger partial charge in [-0.2, -0.15) is 5.10 Å². The Bertz CT molecular complexity index is 311. The van der Waals surface area contributed by atoms with Crippen molar-refractivity contribution in [3.05, 3.63) is 17.5 Å². The summed E-state index contributed by atoms with van der Waals surface area (Å²) in [5.74, 6) is 0. The number of rotatable bonds is 3. The summed E-state index contributed by atoms with van der Waals surface area (Å²) in [5.41, 5.74) is 2.29. The van der Waals surface area contributed by atoms with E-state index in [4.69, 9.17) is 0 Å². The SMILES string of the molecule is Cc1[nH]ncc1CN[C@@H]1CCCC[C@@H]1O. The number of H-pyrrole nitrogens is 1. The van der Waals surface area contributed by atoms with Crippen LogP contribution in [0.3, 0.4) is 0 Å². The normalized spacial score (nSPS) is 26.8. The Hall–Kier alpha value is -0.870. The van der Waals surface area contributed by atoms with E-state index >= 15 is 0 Å². The summed E-state index contributed by atoms with van der Waals surface area (Å²) in [4.78, 5) is 0. The summed E-state index contributed by atoms with van der Waals surface area (Å²) in [5, 5.41) is 20.1. The van der Waals surface area contributed by atoms with E-state index in [0.717, 1.165) is 31.5 Å². The fourth-order valence-corrected chi connectivity index (χ4v) is 2.14. The molecule has 3 N–H and O–H groups in total. The highest BCUT2D eigenvalue weighted by molar-refractivity contribution is 5.14. The Kier molecular flexibility index (Phi) is 3.38. The van der Waals surface area contributed by atoms with Gasteiger partial charge >= 0.3 is 0 Å². The monoisotopic (exact) mass is 209 g/mol. The van der Waals surface area contributed by atoms with E-state index in [0.29, 0.717) is 0 Å². The molecule has 1 aliphatic rings. The molecule has 1 heterocycles. The van der Waals surface area contributed by atoms with E-state index in [1.54, 1.807) is 0 Å². The van der Waals surface area contributed by atoms with Crippen LogP contribution in [0.4, 0.5) is 0 Å². The molecule has 0 aromatic carbocycles. The van der Waals surface area contributed by atoms with E-state index in [1.807, 2.05) is 13.1 Å². The first kappa shape index (κ1) is 10.6. The summed E-state index contributed by atoms with van der Waals surface area (Å²) in [6.07, 6.45) is 6.06. The van der Waals surface area contributed by atoms with Crippen molar-refractivity contribution in [3.8, 4) is 0 Å². The summed E-state index contributed by atoms with van der Waals surface area (Å²) in [7, 11) is 0. The third-order valence-corrected chi connectivity index (χ3v) is 3.22. The quantitative estimate of drug-likeness (QED) is 0.699. The lowest BCUT2D eigenvalue weighted by atomic mass is 9.92. The molecule has 84 valence electrons. The van der Waals surface area contributed by atoms with Crippen molar-refractivity contribution >= 4 is 0 Å². The van der Waals surface area contributed by atoms with E-state index in [9.17, 15) is 5.11 Å². The lowest BCUT2D eigenvalue weighted by Gasteiger charge is -2.28. The van der Waals surface area contributed by atoms with Crippen LogP contribution in [0, 0.1) is 6.92 Å². The smallest absolute Gasteiger partial charge is 0.0693 e. The molecule has 2 rings (SSSR count). The van der Waals surface area contributed by atoms with Gasteiger partial charge in [-0.15, -0.1) is 0 Å². The van der Waals surface area contributed by atoms with Gasteiger partial charge in [0.1, 0.15) is 0 Å². The first-order valence-corrected chi connectivity index (χ1v) is 5.67. The predicted octanol–water partition coefficient (Wildman–Crippen LogP) is 1.11. The minimum absolute atomic E-state index is 0.175. The molecule has 0 aliphatic heterocycles. The highest BCUT2D eigenvalue weighted by Gasteiger charge is 2.22. The van der Waals surface area contributed by atoms with Gasteiger partial charge in [0, 0.05) is 23.8 Å². The predicted molar refractivity (Wildman–Crippen MR) is 58.4 cm³/mol. The number of hydrogen-bond acceptors (Lipinski definition) is 3. The van der Waals surface area contributed by atoms with Crippen molar-refractivity contribution in [1.29, 1.82) is 0 Å². The first-order valence-electron chi connectivity index (χ1n) is 5.67. The maximum atomic E-state index is 9.78. The second-order valence-electron chi connectivity index (χ2n) is 4.36. The van der Waals surface area contributed by atoms with E-state index in [2.05, 4.69) is 15.5 Å². The fraction of sp³-hybridized carbons (Fsp3) is 0.727. The number of hydrogen-bond donors (Lipinski definition) is 3. The van der Waals surface area contributed by atoms with Gasteiger partial charge in [-0.1, -0.05) is 12.8 Å². The molecular formula is C11H19N3O. The Morgan fingerprint density at radius 3 is 3.00 bits per heavy atom. The molecule has 1 saturated carbocycles. The van der Waals surface area contributed by atoms with E-state index in [1.165, 1.54) is 12.0 Å². The van der Waals surface area contributed by atoms with Crippen molar-refractivity contribution in [2.24, 2.45) is 0 Å². The minimum atomic E-state index is -0.175. The van der Waals surface area contributed by atoms with Crippen molar-refractivity contribution in [1.82, 2.24) is 15.5 Å². The molecule has 0 radical (unpaired) electrons. The van der Waals surface area contributed by atoms with Crippen molar-refractivity contribution in [2.45, 2.75) is 51.3 Å².